The minimum Gasteiger partial charge on any atom is -0.480 e. The molecule has 0 radical (unpaired) electrons. The van der Waals surface area contributed by atoms with Crippen molar-refractivity contribution in [3.8, 4) is 0 Å². The second kappa shape index (κ2) is 11.9. The summed E-state index contributed by atoms with van der Waals surface area (Å²) in [5.74, 6) is -2.55. The van der Waals surface area contributed by atoms with Gasteiger partial charge in [0.25, 0.3) is 0 Å². The maximum Gasteiger partial charge on any atom is 0.326 e. The molecule has 1 rings (SSSR count). The first-order valence-corrected chi connectivity index (χ1v) is 10.1. The molecule has 7 N–H and O–H groups in total. The van der Waals surface area contributed by atoms with Crippen LogP contribution in [0.1, 0.15) is 39.0 Å². The molecule has 0 aromatic heterocycles. The lowest BCUT2D eigenvalue weighted by molar-refractivity contribution is -0.149. The van der Waals surface area contributed by atoms with Gasteiger partial charge < -0.3 is 32.1 Å². The fourth-order valence-corrected chi connectivity index (χ4v) is 3.26. The minimum atomic E-state index is -1.06. The fraction of sp³-hybridized carbons (Fsp3) is 0.765. The number of carbonyl (C=O) groups excluding carboxylic acids is 3. The van der Waals surface area contributed by atoms with E-state index in [-0.39, 0.29) is 5.75 Å². The van der Waals surface area contributed by atoms with Crippen LogP contribution in [0.25, 0.3) is 0 Å². The van der Waals surface area contributed by atoms with E-state index in [0.717, 1.165) is 0 Å². The van der Waals surface area contributed by atoms with Crippen molar-refractivity contribution in [3.05, 3.63) is 0 Å². The topological polar surface area (TPSA) is 168 Å². The number of likely N-dealkylation sites (tertiary alicyclic amines) is 1. The van der Waals surface area contributed by atoms with Crippen molar-refractivity contribution in [3.63, 3.8) is 0 Å². The van der Waals surface area contributed by atoms with E-state index in [0.29, 0.717) is 45.2 Å². The number of thiol groups is 1. The average Bonchev–Trinajstić information content (AvgIpc) is 3.14. The van der Waals surface area contributed by atoms with Crippen molar-refractivity contribution in [2.24, 2.45) is 11.5 Å². The normalized spacial score (nSPS) is 19.6. The van der Waals surface area contributed by atoms with Gasteiger partial charge in [-0.2, -0.15) is 12.6 Å². The number of amides is 3. The standard InChI is InChI=1S/C17H31N5O5S/c1-10(19)14(23)21-12(9-28)15(24)20-11(5-2-3-7-18)16(25)22-8-4-6-13(22)17(26)27/h10-13,28H,2-9,18-19H2,1H3,(H,20,24)(H,21,23)(H,26,27). The highest BCUT2D eigenvalue weighted by Crippen LogP contribution is 2.20. The van der Waals surface area contributed by atoms with E-state index in [1.807, 2.05) is 0 Å². The molecule has 0 bridgehead atoms. The number of unbranched alkanes of at least 4 members (excludes halogenated alkanes) is 1. The van der Waals surface area contributed by atoms with Gasteiger partial charge in [0.15, 0.2) is 0 Å². The van der Waals surface area contributed by atoms with E-state index in [2.05, 4.69) is 23.3 Å². The molecule has 1 aliphatic heterocycles. The molecule has 0 aromatic rings. The molecule has 160 valence electrons. The van der Waals surface area contributed by atoms with Crippen molar-refractivity contribution in [1.29, 1.82) is 0 Å². The summed E-state index contributed by atoms with van der Waals surface area (Å²) in [5.41, 5.74) is 11.0. The number of hydrogen-bond acceptors (Lipinski definition) is 7. The summed E-state index contributed by atoms with van der Waals surface area (Å²) in [7, 11) is 0. The number of carbonyl (C=O) groups is 4. The molecule has 10 nitrogen and oxygen atoms in total. The lowest BCUT2D eigenvalue weighted by atomic mass is 10.1. The highest BCUT2D eigenvalue weighted by molar-refractivity contribution is 7.80. The molecular formula is C17H31N5O5S. The third kappa shape index (κ3) is 6.95. The SMILES string of the molecule is CC(N)C(=O)NC(CS)C(=O)NC(CCCCN)C(=O)N1CCCC1C(=O)O. The molecule has 4 atom stereocenters. The maximum atomic E-state index is 12.9. The van der Waals surface area contributed by atoms with E-state index in [4.69, 9.17) is 11.5 Å². The molecule has 1 saturated heterocycles. The van der Waals surface area contributed by atoms with Crippen molar-refractivity contribution < 1.29 is 24.3 Å². The zero-order valence-electron chi connectivity index (χ0n) is 16.1. The van der Waals surface area contributed by atoms with E-state index in [9.17, 15) is 24.3 Å². The molecule has 0 saturated carbocycles. The summed E-state index contributed by atoms with van der Waals surface area (Å²) in [6, 6.07) is -3.54. The van der Waals surface area contributed by atoms with Crippen LogP contribution >= 0.6 is 12.6 Å². The van der Waals surface area contributed by atoms with Gasteiger partial charge in [-0.3, -0.25) is 14.4 Å². The molecule has 1 aliphatic rings. The molecule has 0 aromatic carbocycles. The number of nitrogens with zero attached hydrogens (tertiary/aromatic N) is 1. The van der Waals surface area contributed by atoms with Gasteiger partial charge in [-0.25, -0.2) is 4.79 Å². The maximum absolute atomic E-state index is 12.9. The van der Waals surface area contributed by atoms with Crippen molar-refractivity contribution in [1.82, 2.24) is 15.5 Å². The molecule has 1 heterocycles. The number of aliphatic carboxylic acids is 1. The van der Waals surface area contributed by atoms with Crippen LogP contribution in [-0.2, 0) is 19.2 Å². The molecule has 4 unspecified atom stereocenters. The minimum absolute atomic E-state index is 0.0233. The fourth-order valence-electron chi connectivity index (χ4n) is 3.01. The highest BCUT2D eigenvalue weighted by Gasteiger charge is 2.38. The number of rotatable bonds is 11. The Hall–Kier alpha value is -1.85. The van der Waals surface area contributed by atoms with Gasteiger partial charge in [-0.1, -0.05) is 0 Å². The van der Waals surface area contributed by atoms with E-state index in [1.54, 1.807) is 0 Å². The lowest BCUT2D eigenvalue weighted by Gasteiger charge is -2.28. The van der Waals surface area contributed by atoms with Gasteiger partial charge in [0.2, 0.25) is 17.7 Å². The summed E-state index contributed by atoms with van der Waals surface area (Å²) >= 11 is 4.08. The highest BCUT2D eigenvalue weighted by atomic mass is 32.1. The first-order valence-electron chi connectivity index (χ1n) is 9.43. The van der Waals surface area contributed by atoms with Gasteiger partial charge in [0.05, 0.1) is 6.04 Å². The van der Waals surface area contributed by atoms with Gasteiger partial charge >= 0.3 is 5.97 Å². The molecule has 0 spiro atoms. The number of nitrogens with one attached hydrogen (secondary N) is 2. The summed E-state index contributed by atoms with van der Waals surface area (Å²) < 4.78 is 0. The molecule has 3 amide bonds. The van der Waals surface area contributed by atoms with Gasteiger partial charge in [-0.15, -0.1) is 0 Å². The second-order valence-corrected chi connectivity index (χ2v) is 7.27. The Morgan fingerprint density at radius 1 is 1.18 bits per heavy atom. The van der Waals surface area contributed by atoms with Crippen LogP contribution in [0.3, 0.4) is 0 Å². The third-order valence-electron chi connectivity index (χ3n) is 4.61. The third-order valence-corrected chi connectivity index (χ3v) is 4.98. The van der Waals surface area contributed by atoms with Crippen LogP contribution in [-0.4, -0.2) is 76.7 Å². The Bertz CT molecular complexity index is 574. The smallest absolute Gasteiger partial charge is 0.326 e. The van der Waals surface area contributed by atoms with E-state index in [1.165, 1.54) is 11.8 Å². The largest absolute Gasteiger partial charge is 0.480 e. The zero-order chi connectivity index (χ0) is 21.3. The first-order chi connectivity index (χ1) is 13.2. The van der Waals surface area contributed by atoms with Crippen LogP contribution in [0.4, 0.5) is 0 Å². The molecular weight excluding hydrogens is 386 g/mol. The van der Waals surface area contributed by atoms with Crippen molar-refractivity contribution in [2.45, 2.75) is 63.2 Å². The van der Waals surface area contributed by atoms with Crippen LogP contribution in [0.2, 0.25) is 0 Å². The number of carboxylic acids is 1. The quantitative estimate of drug-likeness (QED) is 0.174. The average molecular weight is 418 g/mol. The van der Waals surface area contributed by atoms with Gasteiger partial charge in [-0.05, 0) is 45.6 Å². The number of nitrogens with two attached hydrogens (primary N) is 2. The number of hydrogen-bond donors (Lipinski definition) is 6. The van der Waals surface area contributed by atoms with Gasteiger partial charge in [0, 0.05) is 12.3 Å². The van der Waals surface area contributed by atoms with Crippen LogP contribution in [0.15, 0.2) is 0 Å². The first kappa shape index (κ1) is 24.2. The molecule has 11 heteroatoms. The lowest BCUT2D eigenvalue weighted by Crippen LogP contribution is -2.57. The van der Waals surface area contributed by atoms with Crippen LogP contribution < -0.4 is 22.1 Å². The van der Waals surface area contributed by atoms with E-state index >= 15 is 0 Å². The Labute approximate surface area is 170 Å². The number of carboxylic acid groups (broad SMARTS) is 1. The molecule has 1 fully saturated rings. The molecule has 0 aliphatic carbocycles. The van der Waals surface area contributed by atoms with Crippen LogP contribution in [0.5, 0.6) is 0 Å². The Kier molecular flexibility index (Phi) is 10.3. The zero-order valence-corrected chi connectivity index (χ0v) is 17.0. The van der Waals surface area contributed by atoms with Gasteiger partial charge in [0.1, 0.15) is 18.1 Å². The Morgan fingerprint density at radius 3 is 2.36 bits per heavy atom. The summed E-state index contributed by atoms with van der Waals surface area (Å²) in [6.45, 7) is 2.26. The summed E-state index contributed by atoms with van der Waals surface area (Å²) in [6.07, 6.45) is 2.56. The van der Waals surface area contributed by atoms with Crippen molar-refractivity contribution in [2.75, 3.05) is 18.8 Å². The second-order valence-electron chi connectivity index (χ2n) is 6.91. The Balaban J connectivity index is 2.87. The monoisotopic (exact) mass is 417 g/mol. The summed E-state index contributed by atoms with van der Waals surface area (Å²) in [4.78, 5) is 50.0. The van der Waals surface area contributed by atoms with Crippen molar-refractivity contribution >= 4 is 36.3 Å². The van der Waals surface area contributed by atoms with E-state index < -0.39 is 47.9 Å². The van der Waals surface area contributed by atoms with Crippen LogP contribution in [0, 0.1) is 0 Å². The Morgan fingerprint density at radius 2 is 1.82 bits per heavy atom. The predicted molar refractivity (Wildman–Crippen MR) is 107 cm³/mol. The summed E-state index contributed by atoms with van der Waals surface area (Å²) in [5, 5.41) is 14.4. The predicted octanol–water partition coefficient (Wildman–Crippen LogP) is -1.56. The molecule has 28 heavy (non-hydrogen) atoms.